The maximum absolute atomic E-state index is 14.1. The number of nitrogens with zero attached hydrogens (tertiary/aromatic N) is 1. The number of benzene rings is 1. The van der Waals surface area contributed by atoms with Crippen LogP contribution in [0.2, 0.25) is 0 Å². The third-order valence-electron chi connectivity index (χ3n) is 3.59. The molecule has 1 heterocycles. The Kier molecular flexibility index (Phi) is 4.60. The van der Waals surface area contributed by atoms with E-state index in [1.807, 2.05) is 31.7 Å². The number of anilines is 1. The molecule has 110 valence electrons. The fourth-order valence-corrected chi connectivity index (χ4v) is 2.41. The third-order valence-corrected chi connectivity index (χ3v) is 3.59. The minimum absolute atomic E-state index is 0.0109. The van der Waals surface area contributed by atoms with E-state index in [0.717, 1.165) is 5.69 Å². The van der Waals surface area contributed by atoms with Gasteiger partial charge in [-0.2, -0.15) is 0 Å². The molecule has 0 spiro atoms. The molecule has 1 aliphatic rings. The van der Waals surface area contributed by atoms with Crippen LogP contribution in [0.25, 0.3) is 0 Å². The normalized spacial score (nSPS) is 19.4. The summed E-state index contributed by atoms with van der Waals surface area (Å²) in [5.74, 6) is -0.239. The number of nitrogens with one attached hydrogen (secondary N) is 2. The molecule has 1 fully saturated rings. The molecule has 20 heavy (non-hydrogen) atoms. The number of piperazine rings is 1. The van der Waals surface area contributed by atoms with Gasteiger partial charge in [0.1, 0.15) is 11.9 Å². The average molecular weight is 279 g/mol. The van der Waals surface area contributed by atoms with E-state index in [1.165, 1.54) is 6.07 Å². The van der Waals surface area contributed by atoms with Crippen molar-refractivity contribution in [3.05, 3.63) is 29.6 Å². The zero-order valence-electron chi connectivity index (χ0n) is 12.2. The van der Waals surface area contributed by atoms with Crippen molar-refractivity contribution in [1.82, 2.24) is 10.6 Å². The number of carbonyl (C=O) groups is 1. The predicted octanol–water partition coefficient (Wildman–Crippen LogP) is 1.65. The summed E-state index contributed by atoms with van der Waals surface area (Å²) in [6, 6.07) is 5.06. The monoisotopic (exact) mass is 279 g/mol. The van der Waals surface area contributed by atoms with Crippen LogP contribution in [0.1, 0.15) is 26.3 Å². The molecule has 1 amide bonds. The van der Waals surface area contributed by atoms with Crippen LogP contribution >= 0.6 is 0 Å². The summed E-state index contributed by atoms with van der Waals surface area (Å²) in [5.41, 5.74) is 1.43. The topological polar surface area (TPSA) is 44.4 Å². The molecule has 0 saturated carbocycles. The fraction of sp³-hybridized carbons (Fsp3) is 0.533. The minimum atomic E-state index is -0.275. The van der Waals surface area contributed by atoms with E-state index in [9.17, 15) is 9.18 Å². The lowest BCUT2D eigenvalue weighted by Gasteiger charge is -2.36. The van der Waals surface area contributed by atoms with Crippen molar-refractivity contribution in [2.75, 3.05) is 18.0 Å². The summed E-state index contributed by atoms with van der Waals surface area (Å²) in [6.07, 6.45) is 0. The van der Waals surface area contributed by atoms with E-state index in [4.69, 9.17) is 0 Å². The first-order valence-electron chi connectivity index (χ1n) is 7.06. The van der Waals surface area contributed by atoms with E-state index in [0.29, 0.717) is 25.2 Å². The molecule has 4 nitrogen and oxygen atoms in total. The molecule has 1 atom stereocenters. The molecule has 1 aromatic carbocycles. The quantitative estimate of drug-likeness (QED) is 0.881. The Hall–Kier alpha value is -1.62. The van der Waals surface area contributed by atoms with Gasteiger partial charge in [0.25, 0.3) is 0 Å². The lowest BCUT2D eigenvalue weighted by Crippen LogP contribution is -2.54. The second-order valence-electron chi connectivity index (χ2n) is 5.43. The Balaban J connectivity index is 2.30. The maximum Gasteiger partial charge on any atom is 0.242 e. The van der Waals surface area contributed by atoms with Gasteiger partial charge in [-0.3, -0.25) is 4.79 Å². The zero-order chi connectivity index (χ0) is 14.7. The Morgan fingerprint density at radius 1 is 1.50 bits per heavy atom. The molecule has 1 unspecified atom stereocenters. The van der Waals surface area contributed by atoms with Crippen LogP contribution in [0.15, 0.2) is 18.2 Å². The fourth-order valence-electron chi connectivity index (χ4n) is 2.41. The highest BCUT2D eigenvalue weighted by Crippen LogP contribution is 2.26. The van der Waals surface area contributed by atoms with Gasteiger partial charge in [0.15, 0.2) is 0 Å². The van der Waals surface area contributed by atoms with Gasteiger partial charge in [0.2, 0.25) is 5.91 Å². The van der Waals surface area contributed by atoms with Crippen LogP contribution < -0.4 is 15.5 Å². The first-order chi connectivity index (χ1) is 9.50. The highest BCUT2D eigenvalue weighted by molar-refractivity contribution is 5.86. The lowest BCUT2D eigenvalue weighted by atomic mass is 10.1. The Morgan fingerprint density at radius 2 is 2.25 bits per heavy atom. The largest absolute Gasteiger partial charge is 0.358 e. The van der Waals surface area contributed by atoms with Crippen LogP contribution in [0.4, 0.5) is 10.1 Å². The predicted molar refractivity (Wildman–Crippen MR) is 78.2 cm³/mol. The lowest BCUT2D eigenvalue weighted by molar-refractivity contribution is -0.122. The van der Waals surface area contributed by atoms with Crippen LogP contribution in [0.3, 0.4) is 0 Å². The van der Waals surface area contributed by atoms with Gasteiger partial charge in [-0.05, 0) is 19.1 Å². The van der Waals surface area contributed by atoms with Crippen molar-refractivity contribution >= 4 is 11.6 Å². The Morgan fingerprint density at radius 3 is 2.95 bits per heavy atom. The SMILES string of the molecule is CC(C)NCc1c(F)cccc1N1CCNC(=O)C1C. The number of hydrogen-bond acceptors (Lipinski definition) is 3. The summed E-state index contributed by atoms with van der Waals surface area (Å²) in [6.45, 7) is 7.65. The number of amides is 1. The number of hydrogen-bond donors (Lipinski definition) is 2. The molecule has 2 rings (SSSR count). The molecule has 5 heteroatoms. The number of carbonyl (C=O) groups excluding carboxylic acids is 1. The first-order valence-corrected chi connectivity index (χ1v) is 7.06. The van der Waals surface area contributed by atoms with Crippen LogP contribution in [0.5, 0.6) is 0 Å². The number of rotatable bonds is 4. The van der Waals surface area contributed by atoms with Gasteiger partial charge in [-0.15, -0.1) is 0 Å². The second kappa shape index (κ2) is 6.22. The molecule has 1 saturated heterocycles. The van der Waals surface area contributed by atoms with Gasteiger partial charge in [-0.1, -0.05) is 19.9 Å². The number of halogens is 1. The highest BCUT2D eigenvalue weighted by Gasteiger charge is 2.27. The molecular weight excluding hydrogens is 257 g/mol. The molecular formula is C15H22FN3O. The summed E-state index contributed by atoms with van der Waals surface area (Å²) >= 11 is 0. The van der Waals surface area contributed by atoms with E-state index >= 15 is 0 Å². The summed E-state index contributed by atoms with van der Waals surface area (Å²) in [5, 5.41) is 6.07. The van der Waals surface area contributed by atoms with Crippen molar-refractivity contribution in [2.24, 2.45) is 0 Å². The second-order valence-corrected chi connectivity index (χ2v) is 5.43. The van der Waals surface area contributed by atoms with Crippen LogP contribution in [-0.4, -0.2) is 31.1 Å². The van der Waals surface area contributed by atoms with E-state index in [2.05, 4.69) is 10.6 Å². The summed E-state index contributed by atoms with van der Waals surface area (Å²) < 4.78 is 14.1. The van der Waals surface area contributed by atoms with Gasteiger partial charge >= 0.3 is 0 Å². The Labute approximate surface area is 119 Å². The molecule has 0 aliphatic carbocycles. The summed E-state index contributed by atoms with van der Waals surface area (Å²) in [4.78, 5) is 13.7. The molecule has 1 aromatic rings. The highest BCUT2D eigenvalue weighted by atomic mass is 19.1. The molecule has 2 N–H and O–H groups in total. The maximum atomic E-state index is 14.1. The average Bonchev–Trinajstić information content (AvgIpc) is 2.40. The van der Waals surface area contributed by atoms with Crippen molar-refractivity contribution in [2.45, 2.75) is 39.4 Å². The van der Waals surface area contributed by atoms with Gasteiger partial charge < -0.3 is 15.5 Å². The van der Waals surface area contributed by atoms with E-state index < -0.39 is 0 Å². The van der Waals surface area contributed by atoms with Crippen molar-refractivity contribution < 1.29 is 9.18 Å². The summed E-state index contributed by atoms with van der Waals surface area (Å²) in [7, 11) is 0. The van der Waals surface area contributed by atoms with Gasteiger partial charge in [0, 0.05) is 36.9 Å². The third kappa shape index (κ3) is 3.10. The minimum Gasteiger partial charge on any atom is -0.358 e. The van der Waals surface area contributed by atoms with E-state index in [1.54, 1.807) is 6.07 Å². The first kappa shape index (κ1) is 14.8. The van der Waals surface area contributed by atoms with Gasteiger partial charge in [0.05, 0.1) is 0 Å². The molecule has 1 aliphatic heterocycles. The molecule has 0 aromatic heterocycles. The van der Waals surface area contributed by atoms with Crippen LogP contribution in [0, 0.1) is 5.82 Å². The smallest absolute Gasteiger partial charge is 0.242 e. The zero-order valence-corrected chi connectivity index (χ0v) is 12.2. The molecule has 0 radical (unpaired) electrons. The molecule has 0 bridgehead atoms. The van der Waals surface area contributed by atoms with Crippen molar-refractivity contribution in [3.63, 3.8) is 0 Å². The van der Waals surface area contributed by atoms with Crippen molar-refractivity contribution in [1.29, 1.82) is 0 Å². The van der Waals surface area contributed by atoms with E-state index in [-0.39, 0.29) is 23.8 Å². The van der Waals surface area contributed by atoms with Crippen LogP contribution in [-0.2, 0) is 11.3 Å². The van der Waals surface area contributed by atoms with Crippen molar-refractivity contribution in [3.8, 4) is 0 Å². The van der Waals surface area contributed by atoms with Gasteiger partial charge in [-0.25, -0.2) is 4.39 Å². The standard InChI is InChI=1S/C15H22FN3O/c1-10(2)18-9-12-13(16)5-4-6-14(12)19-8-7-17-15(20)11(19)3/h4-6,10-11,18H,7-9H2,1-3H3,(H,17,20). The Bertz CT molecular complexity index is 490.